The number of aromatic nitrogens is 6. The number of nitrogens with two attached hydrogens (primary N) is 5. The average molecular weight is 1960 g/mol. The van der Waals surface area contributed by atoms with Gasteiger partial charge in [-0.3, -0.25) is 38.8 Å². The standard InChI is InChI=1S/C52H75N12O17P.C36H49N8O10P/c53-51(54)56-42-13-11-41(12-14-42)50(82(73,80-44-7-3-1-4-8-44)81-45-9-5-2-6-10-45)57-52(72)79-34-33-77-31-32-78-40-43-35-64(59-58-43)24-26-75-28-30-76-29-27-74-25-15-55-46(65)36-60-16-18-61(37-47(66)67)20-22-63(39-49(70)71)23-21-62(19-17-60)38-48(68)69;37-15-17-47-19-21-49-22-20-48-18-16-44-27-31(42-43-44)28-51-24-23-50-25-26-52-36(45)41-34(29-11-13-30(14-12-29)40-35(38)39)55(46,53-32-7-3-1-4-8-32)54-33-9-5-2-6-10-33/h1-14,35,50H,15-34,36-40H2,(H,55,65)(H,57,72)(H,66,67)(H,68,69)(H,70,71)(H4,53,54,56);1-14,27,34H,15-26,28,37H2,(H,41,45)(H4,38,39,40). The maximum Gasteiger partial charge on any atom is 0.457 e. The summed E-state index contributed by atoms with van der Waals surface area (Å²) in [5, 5.41) is 52.8. The first-order valence-electron chi connectivity index (χ1n) is 44.0. The summed E-state index contributed by atoms with van der Waals surface area (Å²) < 4.78 is 123. The predicted octanol–water partition coefficient (Wildman–Crippen LogP) is 4.63. The third-order valence-corrected chi connectivity index (χ3v) is 22.9. The number of aliphatic carboxylic acids is 3. The number of guanidine groups is 2. The van der Waals surface area contributed by atoms with Crippen LogP contribution in [0.3, 0.4) is 0 Å². The first-order valence-corrected chi connectivity index (χ1v) is 47.2. The van der Waals surface area contributed by atoms with Crippen molar-refractivity contribution in [3.63, 3.8) is 0 Å². The van der Waals surface area contributed by atoms with Crippen molar-refractivity contribution in [2.75, 3.05) is 224 Å². The molecule has 16 N–H and O–H groups in total. The van der Waals surface area contributed by atoms with E-state index in [9.17, 15) is 53.2 Å². The number of carboxylic acid groups (broad SMARTS) is 3. The van der Waals surface area contributed by atoms with Crippen LogP contribution < -0.4 is 62.7 Å². The van der Waals surface area contributed by atoms with E-state index in [2.05, 4.69) is 46.6 Å². The molecule has 2 atom stereocenters. The molecule has 0 radical (unpaired) electrons. The molecule has 137 heavy (non-hydrogen) atoms. The highest BCUT2D eigenvalue weighted by Gasteiger charge is 2.44. The molecule has 748 valence electrons. The Morgan fingerprint density at radius 2 is 0.650 bits per heavy atom. The van der Waals surface area contributed by atoms with E-state index in [0.29, 0.717) is 152 Å². The topological polar surface area (TPSA) is 610 Å². The van der Waals surface area contributed by atoms with Crippen molar-refractivity contribution in [3.05, 3.63) is 205 Å². The summed E-state index contributed by atoms with van der Waals surface area (Å²) in [5.74, 6) is -5.28. The molecule has 1 fully saturated rings. The summed E-state index contributed by atoms with van der Waals surface area (Å²) >= 11 is 0. The highest BCUT2D eigenvalue weighted by Crippen LogP contribution is 2.60. The lowest BCUT2D eigenvalue weighted by Gasteiger charge is -2.32. The van der Waals surface area contributed by atoms with Gasteiger partial charge in [0.1, 0.15) is 47.6 Å². The van der Waals surface area contributed by atoms with Gasteiger partial charge in [-0.2, -0.15) is 0 Å². The van der Waals surface area contributed by atoms with Crippen LogP contribution in [-0.2, 0) is 111 Å². The van der Waals surface area contributed by atoms with Gasteiger partial charge in [0.25, 0.3) is 0 Å². The zero-order valence-electron chi connectivity index (χ0n) is 76.1. The summed E-state index contributed by atoms with van der Waals surface area (Å²) in [5.41, 5.74) is 30.3. The van der Waals surface area contributed by atoms with Gasteiger partial charge < -0.3 is 135 Å². The number of para-hydroxylation sites is 4. The second-order valence-electron chi connectivity index (χ2n) is 29.7. The highest BCUT2D eigenvalue weighted by atomic mass is 31.2. The number of benzene rings is 6. The first-order chi connectivity index (χ1) is 66.5. The number of ether oxygens (including phenoxy) is 12. The molecule has 1 saturated heterocycles. The molecule has 1 aliphatic rings. The SMILES string of the molecule is NC(N)=Nc1ccc(C(NC(=O)OCCOCCOCc2cn(CCOCCOCCOCCNC(=O)CN3CCN(CC(=O)O)CCN(CC(=O)O)CCN(CC(=O)O)CC3)nn2)P(=O)(Oc2ccccc2)Oc2ccccc2)cc1.NCCOCCOCCOCCn1cc(COCCOCCOC(=O)NC(c2ccc(N=C(N)N)cc2)P(=O)(Oc2ccccc2)Oc2ccccc2)nn1. The normalized spacial score (nSPS) is 13.5. The summed E-state index contributed by atoms with van der Waals surface area (Å²) in [6.45, 7) is 9.41. The van der Waals surface area contributed by atoms with Gasteiger partial charge in [-0.25, -0.2) is 38.1 Å². The van der Waals surface area contributed by atoms with Gasteiger partial charge in [0.05, 0.1) is 195 Å². The second kappa shape index (κ2) is 63.8. The lowest BCUT2D eigenvalue weighted by molar-refractivity contribution is -0.140. The molecule has 3 amide bonds. The van der Waals surface area contributed by atoms with Crippen LogP contribution in [-0.4, -0.2) is 337 Å². The number of nitrogens with zero attached hydrogens (tertiary/aromatic N) is 12. The fourth-order valence-corrected chi connectivity index (χ4v) is 16.3. The summed E-state index contributed by atoms with van der Waals surface area (Å²) in [6, 6.07) is 46.6. The van der Waals surface area contributed by atoms with Crippen molar-refractivity contribution < 1.29 is 128 Å². The summed E-state index contributed by atoms with van der Waals surface area (Å²) in [4.78, 5) is 88.7. The summed E-state index contributed by atoms with van der Waals surface area (Å²) in [6.07, 6.45) is 1.74. The van der Waals surface area contributed by atoms with Crippen molar-refractivity contribution >= 4 is 74.5 Å². The lowest BCUT2D eigenvalue weighted by atomic mass is 10.2. The van der Waals surface area contributed by atoms with Crippen LogP contribution in [0.5, 0.6) is 23.0 Å². The molecule has 0 bridgehead atoms. The number of amides is 3. The largest absolute Gasteiger partial charge is 0.480 e. The van der Waals surface area contributed by atoms with Crippen LogP contribution in [0.1, 0.15) is 34.1 Å². The summed E-state index contributed by atoms with van der Waals surface area (Å²) in [7, 11) is -8.57. The maximum atomic E-state index is 14.8. The van der Waals surface area contributed by atoms with Crippen LogP contribution in [0.2, 0.25) is 0 Å². The van der Waals surface area contributed by atoms with E-state index in [-0.39, 0.29) is 172 Å². The molecular weight excluding hydrogens is 1830 g/mol. The van der Waals surface area contributed by atoms with Gasteiger partial charge in [0, 0.05) is 65.4 Å². The van der Waals surface area contributed by atoms with Crippen LogP contribution in [0.4, 0.5) is 21.0 Å². The van der Waals surface area contributed by atoms with Crippen LogP contribution >= 0.6 is 15.2 Å². The van der Waals surface area contributed by atoms with E-state index < -0.39 is 56.9 Å². The Kier molecular flexibility index (Phi) is 51.2. The maximum absolute atomic E-state index is 14.8. The zero-order chi connectivity index (χ0) is 97.8. The molecule has 1 aliphatic heterocycles. The monoisotopic (exact) mass is 1950 g/mol. The van der Waals surface area contributed by atoms with Gasteiger partial charge in [-0.1, -0.05) is 107 Å². The minimum absolute atomic E-state index is 0.00508. The van der Waals surface area contributed by atoms with Gasteiger partial charge in [0.2, 0.25) is 5.91 Å². The molecule has 0 saturated carbocycles. The van der Waals surface area contributed by atoms with Crippen molar-refractivity contribution in [2.24, 2.45) is 38.7 Å². The third-order valence-electron chi connectivity index (χ3n) is 18.9. The quantitative estimate of drug-likeness (QED) is 0.0107. The predicted molar refractivity (Wildman–Crippen MR) is 498 cm³/mol. The van der Waals surface area contributed by atoms with Gasteiger partial charge in [-0.05, 0) is 83.9 Å². The van der Waals surface area contributed by atoms with Crippen LogP contribution in [0.25, 0.3) is 0 Å². The number of hydrogen-bond donors (Lipinski definition) is 11. The molecule has 0 aliphatic carbocycles. The number of rotatable bonds is 63. The molecule has 0 spiro atoms. The van der Waals surface area contributed by atoms with E-state index in [1.54, 1.807) is 206 Å². The molecule has 3 heterocycles. The average Bonchev–Trinajstić information content (AvgIpc) is 1.71. The molecular formula is C88H124N20O27P2. The number of hydrogen-bond acceptors (Lipinski definition) is 35. The van der Waals surface area contributed by atoms with E-state index in [0.717, 1.165) is 0 Å². The molecule has 9 rings (SSSR count). The van der Waals surface area contributed by atoms with Gasteiger partial charge in [0.15, 0.2) is 23.5 Å². The van der Waals surface area contributed by atoms with E-state index >= 15 is 0 Å². The smallest absolute Gasteiger partial charge is 0.457 e. The molecule has 49 heteroatoms. The van der Waals surface area contributed by atoms with E-state index in [4.69, 9.17) is 104 Å². The molecule has 6 aromatic carbocycles. The number of carbonyl (C=O) groups is 6. The molecule has 8 aromatic rings. The van der Waals surface area contributed by atoms with Crippen LogP contribution in [0.15, 0.2) is 192 Å². The number of aliphatic imine (C=N–C) groups is 2. The van der Waals surface area contributed by atoms with Crippen molar-refractivity contribution in [3.8, 4) is 23.0 Å². The molecule has 2 aromatic heterocycles. The minimum atomic E-state index is -4.31. The Hall–Kier alpha value is -12.4. The number of carboxylic acids is 3. The van der Waals surface area contributed by atoms with Crippen LogP contribution in [0, 0.1) is 0 Å². The molecule has 47 nitrogen and oxygen atoms in total. The minimum Gasteiger partial charge on any atom is -0.480 e. The molecule has 2 unspecified atom stereocenters. The highest BCUT2D eigenvalue weighted by molar-refractivity contribution is 7.55. The lowest BCUT2D eigenvalue weighted by Crippen LogP contribution is -2.50. The van der Waals surface area contributed by atoms with Crippen molar-refractivity contribution in [2.45, 2.75) is 37.9 Å². The van der Waals surface area contributed by atoms with E-state index in [1.165, 1.54) is 0 Å². The van der Waals surface area contributed by atoms with E-state index in [1.807, 2.05) is 4.90 Å². The first kappa shape index (κ1) is 110. The number of carbonyl (C=O) groups excluding carboxylic acids is 3. The van der Waals surface area contributed by atoms with Crippen molar-refractivity contribution in [1.29, 1.82) is 0 Å². The Bertz CT molecular complexity index is 4810. The third kappa shape index (κ3) is 46.4. The Morgan fingerprint density at radius 1 is 0.365 bits per heavy atom. The van der Waals surface area contributed by atoms with Crippen molar-refractivity contribution in [1.82, 2.24) is 65.5 Å². The Labute approximate surface area is 792 Å². The fourth-order valence-electron chi connectivity index (χ4n) is 12.5. The second-order valence-corrected chi connectivity index (χ2v) is 33.6. The fraction of sp³-hybridized carbons (Fsp3) is 0.455. The number of alkyl carbamates (subject to hydrolysis) is 2. The Balaban J connectivity index is 0.000000363. The van der Waals surface area contributed by atoms with Gasteiger partial charge in [-0.15, -0.1) is 10.2 Å². The zero-order valence-corrected chi connectivity index (χ0v) is 77.9. The Morgan fingerprint density at radius 3 is 0.956 bits per heavy atom. The number of nitrogens with one attached hydrogen (secondary N) is 3. The van der Waals surface area contributed by atoms with Gasteiger partial charge >= 0.3 is 45.3 Å².